The second-order valence-electron chi connectivity index (χ2n) is 6.44. The van der Waals surface area contributed by atoms with Gasteiger partial charge in [-0.25, -0.2) is 0 Å². The molecule has 9 heteroatoms. The largest absolute Gasteiger partial charge is 0.573 e. The van der Waals surface area contributed by atoms with Crippen molar-refractivity contribution in [1.82, 2.24) is 19.8 Å². The summed E-state index contributed by atoms with van der Waals surface area (Å²) in [6, 6.07) is 9.17. The Kier molecular flexibility index (Phi) is 4.69. The molecule has 1 aliphatic rings. The highest BCUT2D eigenvalue weighted by Crippen LogP contribution is 2.26. The molecule has 142 valence electrons. The number of ether oxygens (including phenoxy) is 2. The Bertz CT molecular complexity index is 918. The minimum Gasteiger partial charge on any atom is -0.406 e. The number of halogens is 3. The molecule has 3 aromatic rings. The van der Waals surface area contributed by atoms with E-state index in [1.807, 2.05) is 0 Å². The highest BCUT2D eigenvalue weighted by molar-refractivity contribution is 5.61. The van der Waals surface area contributed by atoms with Crippen LogP contribution in [0.5, 0.6) is 5.75 Å². The Morgan fingerprint density at radius 2 is 1.78 bits per heavy atom. The topological polar surface area (TPSA) is 61.5 Å². The molecule has 0 atom stereocenters. The lowest BCUT2D eigenvalue weighted by atomic mass is 9.96. The molecule has 0 radical (unpaired) electrons. The van der Waals surface area contributed by atoms with Gasteiger partial charge in [-0.1, -0.05) is 0 Å². The molecule has 1 saturated heterocycles. The van der Waals surface area contributed by atoms with E-state index >= 15 is 0 Å². The van der Waals surface area contributed by atoms with Crippen LogP contribution in [0.1, 0.15) is 18.7 Å². The molecule has 0 bridgehead atoms. The summed E-state index contributed by atoms with van der Waals surface area (Å²) in [5, 5.41) is 13.0. The summed E-state index contributed by atoms with van der Waals surface area (Å²) in [5.74, 6) is 0.989. The summed E-state index contributed by atoms with van der Waals surface area (Å²) in [6.07, 6.45) is -1.98. The van der Waals surface area contributed by atoms with Crippen LogP contribution in [0.3, 0.4) is 0 Å². The van der Waals surface area contributed by atoms with Crippen molar-refractivity contribution in [3.8, 4) is 17.0 Å². The summed E-state index contributed by atoms with van der Waals surface area (Å²) < 4.78 is 47.8. The Morgan fingerprint density at radius 3 is 2.48 bits per heavy atom. The molecule has 1 fully saturated rings. The fraction of sp³-hybridized carbons (Fsp3) is 0.389. The molecule has 0 spiro atoms. The van der Waals surface area contributed by atoms with E-state index in [1.165, 1.54) is 24.3 Å². The molecular formula is C18H17F3N4O2. The van der Waals surface area contributed by atoms with Gasteiger partial charge >= 0.3 is 6.36 Å². The average Bonchev–Trinajstić information content (AvgIpc) is 3.04. The van der Waals surface area contributed by atoms with E-state index in [2.05, 4.69) is 20.0 Å². The molecule has 0 unspecified atom stereocenters. The summed E-state index contributed by atoms with van der Waals surface area (Å²) in [4.78, 5) is 0. The van der Waals surface area contributed by atoms with E-state index in [0.29, 0.717) is 22.8 Å². The summed E-state index contributed by atoms with van der Waals surface area (Å²) in [7, 11) is 0. The van der Waals surface area contributed by atoms with Crippen molar-refractivity contribution in [2.45, 2.75) is 25.6 Å². The van der Waals surface area contributed by atoms with Crippen molar-refractivity contribution in [1.29, 1.82) is 0 Å². The van der Waals surface area contributed by atoms with Crippen LogP contribution in [0.2, 0.25) is 0 Å². The first kappa shape index (κ1) is 17.7. The Morgan fingerprint density at radius 1 is 1.04 bits per heavy atom. The lowest BCUT2D eigenvalue weighted by Crippen LogP contribution is -2.19. The van der Waals surface area contributed by atoms with Crippen molar-refractivity contribution < 1.29 is 22.6 Å². The third-order valence-corrected chi connectivity index (χ3v) is 4.52. The lowest BCUT2D eigenvalue weighted by Gasteiger charge is -2.20. The first-order valence-electron chi connectivity index (χ1n) is 8.63. The second-order valence-corrected chi connectivity index (χ2v) is 6.44. The molecular weight excluding hydrogens is 361 g/mol. The predicted molar refractivity (Wildman–Crippen MR) is 90.1 cm³/mol. The van der Waals surface area contributed by atoms with Crippen molar-refractivity contribution >= 4 is 5.65 Å². The zero-order chi connectivity index (χ0) is 18.9. The Balaban J connectivity index is 1.58. The highest BCUT2D eigenvalue weighted by Gasteiger charge is 2.31. The zero-order valence-corrected chi connectivity index (χ0v) is 14.3. The molecule has 0 N–H and O–H groups in total. The van der Waals surface area contributed by atoms with Gasteiger partial charge in [-0.2, -0.15) is 9.61 Å². The van der Waals surface area contributed by atoms with Crippen LogP contribution in [0.4, 0.5) is 13.2 Å². The molecule has 3 heterocycles. The maximum absolute atomic E-state index is 12.3. The van der Waals surface area contributed by atoms with E-state index in [4.69, 9.17) is 4.74 Å². The van der Waals surface area contributed by atoms with E-state index in [1.54, 1.807) is 16.6 Å². The zero-order valence-electron chi connectivity index (χ0n) is 14.3. The monoisotopic (exact) mass is 378 g/mol. The molecule has 0 aliphatic carbocycles. The van der Waals surface area contributed by atoms with E-state index in [9.17, 15) is 13.2 Å². The van der Waals surface area contributed by atoms with Gasteiger partial charge in [0.05, 0.1) is 5.69 Å². The summed E-state index contributed by atoms with van der Waals surface area (Å²) in [5.41, 5.74) is 1.93. The molecule has 2 aromatic heterocycles. The van der Waals surface area contributed by atoms with Gasteiger partial charge in [0, 0.05) is 25.2 Å². The van der Waals surface area contributed by atoms with Crippen molar-refractivity contribution in [3.05, 3.63) is 42.2 Å². The van der Waals surface area contributed by atoms with Gasteiger partial charge in [0.15, 0.2) is 11.5 Å². The summed E-state index contributed by atoms with van der Waals surface area (Å²) >= 11 is 0. The van der Waals surface area contributed by atoms with Crippen LogP contribution in [-0.2, 0) is 11.2 Å². The molecule has 0 amide bonds. The molecule has 1 aromatic carbocycles. The minimum atomic E-state index is -4.71. The van der Waals surface area contributed by atoms with Gasteiger partial charge in [0.25, 0.3) is 0 Å². The SMILES string of the molecule is FC(F)(F)Oc1ccc(-c2ccc3nnc(CC4CCOCC4)n3n2)cc1. The van der Waals surface area contributed by atoms with Gasteiger partial charge in [-0.3, -0.25) is 0 Å². The van der Waals surface area contributed by atoms with E-state index in [0.717, 1.165) is 38.3 Å². The van der Waals surface area contributed by atoms with Crippen LogP contribution >= 0.6 is 0 Å². The molecule has 27 heavy (non-hydrogen) atoms. The van der Waals surface area contributed by atoms with Crippen LogP contribution in [-0.4, -0.2) is 39.4 Å². The minimum absolute atomic E-state index is 0.267. The molecule has 6 nitrogen and oxygen atoms in total. The maximum Gasteiger partial charge on any atom is 0.573 e. The summed E-state index contributed by atoms with van der Waals surface area (Å²) in [6.45, 7) is 1.51. The van der Waals surface area contributed by atoms with Crippen LogP contribution in [0.15, 0.2) is 36.4 Å². The second kappa shape index (κ2) is 7.15. The number of fused-ring (bicyclic) bond motifs is 1. The number of rotatable bonds is 4. The van der Waals surface area contributed by atoms with Crippen molar-refractivity contribution in [2.75, 3.05) is 13.2 Å². The van der Waals surface area contributed by atoms with Gasteiger partial charge in [-0.05, 0) is 55.2 Å². The molecule has 0 saturated carbocycles. The van der Waals surface area contributed by atoms with Crippen molar-refractivity contribution in [3.63, 3.8) is 0 Å². The van der Waals surface area contributed by atoms with Gasteiger partial charge in [0.1, 0.15) is 5.75 Å². The van der Waals surface area contributed by atoms with Gasteiger partial charge < -0.3 is 9.47 Å². The average molecular weight is 378 g/mol. The fourth-order valence-electron chi connectivity index (χ4n) is 3.15. The van der Waals surface area contributed by atoms with E-state index in [-0.39, 0.29) is 5.75 Å². The normalized spacial score (nSPS) is 16.0. The van der Waals surface area contributed by atoms with Crippen LogP contribution < -0.4 is 4.74 Å². The van der Waals surface area contributed by atoms with Crippen LogP contribution in [0.25, 0.3) is 16.9 Å². The highest BCUT2D eigenvalue weighted by atomic mass is 19.4. The van der Waals surface area contributed by atoms with Gasteiger partial charge in [-0.15, -0.1) is 23.4 Å². The number of benzene rings is 1. The predicted octanol–water partition coefficient (Wildman–Crippen LogP) is 3.66. The van der Waals surface area contributed by atoms with Crippen molar-refractivity contribution in [2.24, 2.45) is 5.92 Å². The Hall–Kier alpha value is -2.68. The quantitative estimate of drug-likeness (QED) is 0.693. The smallest absolute Gasteiger partial charge is 0.406 e. The number of hydrogen-bond donors (Lipinski definition) is 0. The third-order valence-electron chi connectivity index (χ3n) is 4.52. The van der Waals surface area contributed by atoms with E-state index < -0.39 is 6.36 Å². The standard InChI is InChI=1S/C18H17F3N4O2/c19-18(20,21)27-14-3-1-13(2-4-14)15-5-6-16-22-23-17(25(16)24-15)11-12-7-9-26-10-8-12/h1-6,12H,7-11H2. The first-order valence-corrected chi connectivity index (χ1v) is 8.63. The maximum atomic E-state index is 12.3. The lowest BCUT2D eigenvalue weighted by molar-refractivity contribution is -0.274. The third kappa shape index (κ3) is 4.19. The Labute approximate surface area is 152 Å². The number of aromatic nitrogens is 4. The number of hydrogen-bond acceptors (Lipinski definition) is 5. The molecule has 1 aliphatic heterocycles. The molecule has 4 rings (SSSR count). The fourth-order valence-corrected chi connectivity index (χ4v) is 3.15. The first-order chi connectivity index (χ1) is 13.0. The van der Waals surface area contributed by atoms with Crippen LogP contribution in [0, 0.1) is 5.92 Å². The van der Waals surface area contributed by atoms with Gasteiger partial charge in [0.2, 0.25) is 0 Å². The number of nitrogens with zero attached hydrogens (tertiary/aromatic N) is 4. The number of alkyl halides is 3.